The Hall–Kier alpha value is -3.64. The number of nitrogens with zero attached hydrogens (tertiary/aromatic N) is 2. The van der Waals surface area contributed by atoms with Crippen molar-refractivity contribution in [3.8, 4) is 11.5 Å². The van der Waals surface area contributed by atoms with Gasteiger partial charge in [-0.05, 0) is 66.6 Å². The van der Waals surface area contributed by atoms with Gasteiger partial charge in [-0.1, -0.05) is 17.7 Å². The number of hydrogen-bond donors (Lipinski definition) is 1. The number of hydrogen-bond acceptors (Lipinski definition) is 7. The van der Waals surface area contributed by atoms with Gasteiger partial charge in [0.15, 0.2) is 6.61 Å². The van der Waals surface area contributed by atoms with E-state index in [-0.39, 0.29) is 41.3 Å². The van der Waals surface area contributed by atoms with Crippen LogP contribution >= 0.6 is 11.6 Å². The molecule has 210 valence electrons. The zero-order valence-corrected chi connectivity index (χ0v) is 23.3. The molecule has 2 heterocycles. The maximum absolute atomic E-state index is 13.1. The summed E-state index contributed by atoms with van der Waals surface area (Å²) >= 11 is 6.29. The van der Waals surface area contributed by atoms with Crippen LogP contribution < -0.4 is 19.7 Å². The van der Waals surface area contributed by atoms with Gasteiger partial charge in [-0.25, -0.2) is 8.42 Å². The van der Waals surface area contributed by atoms with Crippen LogP contribution in [0, 0.1) is 0 Å². The molecule has 2 amide bonds. The molecule has 2 aliphatic heterocycles. The Morgan fingerprint density at radius 3 is 2.45 bits per heavy atom. The molecule has 12 heteroatoms. The summed E-state index contributed by atoms with van der Waals surface area (Å²) in [5, 5.41) is 2.85. The molecule has 5 rings (SSSR count). The molecule has 0 saturated carbocycles. The molecule has 2 aliphatic rings. The van der Waals surface area contributed by atoms with Gasteiger partial charge in [-0.15, -0.1) is 0 Å². The van der Waals surface area contributed by atoms with Crippen molar-refractivity contribution in [3.63, 3.8) is 0 Å². The first-order valence-corrected chi connectivity index (χ1v) is 14.5. The Balaban J connectivity index is 1.21. The molecular weight excluding hydrogens is 558 g/mol. The number of sulfonamides is 1. The van der Waals surface area contributed by atoms with Gasteiger partial charge in [0.25, 0.3) is 11.8 Å². The predicted octanol–water partition coefficient (Wildman–Crippen LogP) is 3.59. The third kappa shape index (κ3) is 5.92. The van der Waals surface area contributed by atoms with E-state index in [1.165, 1.54) is 22.5 Å². The molecule has 0 spiro atoms. The third-order valence-electron chi connectivity index (χ3n) is 6.72. The lowest BCUT2D eigenvalue weighted by molar-refractivity contribution is -0.118. The highest BCUT2D eigenvalue weighted by molar-refractivity contribution is 7.89. The average molecular weight is 586 g/mol. The third-order valence-corrected chi connectivity index (χ3v) is 8.91. The fourth-order valence-electron chi connectivity index (χ4n) is 4.59. The molecule has 3 aromatic rings. The SMILES string of the molecule is COc1ccc(C(=O)N2CCc3ccc(NC(=O)COc4ccc(S(=O)(=O)N5CCOCC5)cc4Cl)cc32)cc1. The quantitative estimate of drug-likeness (QED) is 0.430. The molecule has 0 aliphatic carbocycles. The van der Waals surface area contributed by atoms with Crippen molar-refractivity contribution >= 4 is 44.8 Å². The van der Waals surface area contributed by atoms with Crippen molar-refractivity contribution in [2.75, 3.05) is 56.8 Å². The maximum Gasteiger partial charge on any atom is 0.262 e. The smallest absolute Gasteiger partial charge is 0.262 e. The van der Waals surface area contributed by atoms with Gasteiger partial charge < -0.3 is 24.4 Å². The average Bonchev–Trinajstić information content (AvgIpc) is 3.40. The van der Waals surface area contributed by atoms with E-state index in [1.807, 2.05) is 6.07 Å². The largest absolute Gasteiger partial charge is 0.497 e. The number of morpholine rings is 1. The number of halogens is 1. The zero-order valence-electron chi connectivity index (χ0n) is 21.8. The lowest BCUT2D eigenvalue weighted by Crippen LogP contribution is -2.40. The summed E-state index contributed by atoms with van der Waals surface area (Å²) in [4.78, 5) is 27.5. The Kier molecular flexibility index (Phi) is 8.27. The van der Waals surface area contributed by atoms with Crippen LogP contribution in [0.3, 0.4) is 0 Å². The molecule has 1 saturated heterocycles. The number of amides is 2. The lowest BCUT2D eigenvalue weighted by Gasteiger charge is -2.26. The molecule has 0 radical (unpaired) electrons. The summed E-state index contributed by atoms with van der Waals surface area (Å²) in [6.45, 7) is 1.41. The summed E-state index contributed by atoms with van der Waals surface area (Å²) in [7, 11) is -2.14. The highest BCUT2D eigenvalue weighted by Crippen LogP contribution is 2.33. The molecule has 0 bridgehead atoms. The molecule has 0 unspecified atom stereocenters. The van der Waals surface area contributed by atoms with Crippen molar-refractivity contribution in [1.29, 1.82) is 0 Å². The Morgan fingerprint density at radius 1 is 1.00 bits per heavy atom. The van der Waals surface area contributed by atoms with Crippen LogP contribution in [-0.4, -0.2) is 71.1 Å². The number of carbonyl (C=O) groups excluding carboxylic acids is 2. The van der Waals surface area contributed by atoms with Crippen molar-refractivity contribution in [2.45, 2.75) is 11.3 Å². The molecule has 3 aromatic carbocycles. The van der Waals surface area contributed by atoms with Crippen LogP contribution in [0.5, 0.6) is 11.5 Å². The normalized spacial score (nSPS) is 15.4. The zero-order chi connectivity index (χ0) is 28.3. The van der Waals surface area contributed by atoms with Gasteiger partial charge in [0.1, 0.15) is 11.5 Å². The minimum absolute atomic E-state index is 0.0445. The molecule has 1 N–H and O–H groups in total. The van der Waals surface area contributed by atoms with Crippen molar-refractivity contribution in [1.82, 2.24) is 4.31 Å². The fraction of sp³-hybridized carbons (Fsp3) is 0.286. The summed E-state index contributed by atoms with van der Waals surface area (Å²) in [5.74, 6) is 0.276. The molecule has 0 aromatic heterocycles. The van der Waals surface area contributed by atoms with E-state index in [0.717, 1.165) is 11.3 Å². The topological polar surface area (TPSA) is 114 Å². The fourth-order valence-corrected chi connectivity index (χ4v) is 6.33. The second kappa shape index (κ2) is 11.8. The minimum atomic E-state index is -3.71. The van der Waals surface area contributed by atoms with E-state index in [9.17, 15) is 18.0 Å². The van der Waals surface area contributed by atoms with E-state index < -0.39 is 15.9 Å². The van der Waals surface area contributed by atoms with E-state index in [2.05, 4.69) is 5.32 Å². The van der Waals surface area contributed by atoms with Crippen LogP contribution in [0.4, 0.5) is 11.4 Å². The van der Waals surface area contributed by atoms with Crippen LogP contribution in [0.1, 0.15) is 15.9 Å². The number of anilines is 2. The molecular formula is C28H28ClN3O7S. The summed E-state index contributed by atoms with van der Waals surface area (Å²) in [5.41, 5.74) is 2.80. The summed E-state index contributed by atoms with van der Waals surface area (Å²) in [6.07, 6.45) is 0.713. The van der Waals surface area contributed by atoms with Crippen LogP contribution in [0.2, 0.25) is 5.02 Å². The van der Waals surface area contributed by atoms with Gasteiger partial charge in [0.05, 0.1) is 30.2 Å². The number of carbonyl (C=O) groups is 2. The van der Waals surface area contributed by atoms with E-state index in [4.69, 9.17) is 25.8 Å². The molecule has 0 atom stereocenters. The first-order valence-electron chi connectivity index (χ1n) is 12.7. The minimum Gasteiger partial charge on any atom is -0.497 e. The van der Waals surface area contributed by atoms with Gasteiger partial charge in [0.2, 0.25) is 10.0 Å². The van der Waals surface area contributed by atoms with Crippen molar-refractivity contribution in [3.05, 3.63) is 76.8 Å². The molecule has 40 heavy (non-hydrogen) atoms. The standard InChI is InChI=1S/C28H28ClN3O7S/c1-37-22-6-3-20(4-7-22)28(34)32-11-10-19-2-5-21(16-25(19)32)30-27(33)18-39-26-9-8-23(17-24(26)29)40(35,36)31-12-14-38-15-13-31/h2-9,16-17H,10-15,18H2,1H3,(H,30,33). The van der Waals surface area contributed by atoms with E-state index in [0.29, 0.717) is 43.2 Å². The maximum atomic E-state index is 13.1. The second-order valence-corrected chi connectivity index (χ2v) is 11.6. The van der Waals surface area contributed by atoms with Gasteiger partial charge in [0, 0.05) is 36.6 Å². The van der Waals surface area contributed by atoms with Crippen LogP contribution in [-0.2, 0) is 26.0 Å². The second-order valence-electron chi connectivity index (χ2n) is 9.22. The number of nitrogens with one attached hydrogen (secondary N) is 1. The first-order chi connectivity index (χ1) is 19.3. The van der Waals surface area contributed by atoms with Crippen molar-refractivity contribution in [2.24, 2.45) is 0 Å². The van der Waals surface area contributed by atoms with Gasteiger partial charge >= 0.3 is 0 Å². The van der Waals surface area contributed by atoms with Gasteiger partial charge in [-0.3, -0.25) is 9.59 Å². The van der Waals surface area contributed by atoms with E-state index >= 15 is 0 Å². The number of methoxy groups -OCH3 is 1. The summed E-state index contributed by atoms with van der Waals surface area (Å²) < 4.78 is 43.0. The highest BCUT2D eigenvalue weighted by Gasteiger charge is 2.28. The number of benzene rings is 3. The van der Waals surface area contributed by atoms with Crippen molar-refractivity contribution < 1.29 is 32.2 Å². The molecule has 1 fully saturated rings. The highest BCUT2D eigenvalue weighted by atomic mass is 35.5. The monoisotopic (exact) mass is 585 g/mol. The Labute approximate surface area is 237 Å². The number of fused-ring (bicyclic) bond motifs is 1. The lowest BCUT2D eigenvalue weighted by atomic mass is 10.1. The Morgan fingerprint density at radius 2 is 1.75 bits per heavy atom. The predicted molar refractivity (Wildman–Crippen MR) is 150 cm³/mol. The van der Waals surface area contributed by atoms with E-state index in [1.54, 1.807) is 48.4 Å². The Bertz CT molecular complexity index is 1520. The number of rotatable bonds is 8. The molecule has 10 nitrogen and oxygen atoms in total. The van der Waals surface area contributed by atoms with Gasteiger partial charge in [-0.2, -0.15) is 4.31 Å². The summed E-state index contributed by atoms with van der Waals surface area (Å²) in [6, 6.07) is 16.5. The first kappa shape index (κ1) is 27.9. The number of ether oxygens (including phenoxy) is 3. The van der Waals surface area contributed by atoms with Crippen LogP contribution in [0.25, 0.3) is 0 Å². The van der Waals surface area contributed by atoms with Crippen LogP contribution in [0.15, 0.2) is 65.6 Å².